The Morgan fingerprint density at radius 2 is 2.28 bits per heavy atom. The van der Waals surface area contributed by atoms with Gasteiger partial charge >= 0.3 is 0 Å². The van der Waals surface area contributed by atoms with Crippen LogP contribution in [0.4, 0.5) is 0 Å². The molecular formula is C12H11ClN4S. The maximum Gasteiger partial charge on any atom is 0.152 e. The lowest BCUT2D eigenvalue weighted by Crippen LogP contribution is -1.88. The topological polar surface area (TPSA) is 54.5 Å². The molecule has 1 N–H and O–H groups in total. The molecule has 2 heterocycles. The average Bonchev–Trinajstić information content (AvgIpc) is 2.94. The molecule has 6 heteroatoms. The third kappa shape index (κ3) is 2.00. The summed E-state index contributed by atoms with van der Waals surface area (Å²) in [4.78, 5) is 8.85. The molecule has 0 aliphatic rings. The first-order valence-electron chi connectivity index (χ1n) is 5.75. The lowest BCUT2D eigenvalue weighted by molar-refractivity contribution is 0.870. The van der Waals surface area contributed by atoms with Crippen molar-refractivity contribution in [2.75, 3.05) is 0 Å². The number of hydrogen-bond donors (Lipinski definition) is 1. The van der Waals surface area contributed by atoms with Gasteiger partial charge in [0.2, 0.25) is 0 Å². The number of rotatable bonds is 3. The van der Waals surface area contributed by atoms with Crippen LogP contribution in [-0.4, -0.2) is 19.6 Å². The number of hydrogen-bond acceptors (Lipinski definition) is 4. The van der Waals surface area contributed by atoms with Crippen LogP contribution in [0.25, 0.3) is 21.7 Å². The van der Waals surface area contributed by atoms with E-state index in [0.717, 1.165) is 40.3 Å². The number of imidazole rings is 1. The fourth-order valence-corrected chi connectivity index (χ4v) is 2.70. The molecule has 0 radical (unpaired) electrons. The summed E-state index contributed by atoms with van der Waals surface area (Å²) in [5.41, 5.74) is 2.85. The van der Waals surface area contributed by atoms with Crippen LogP contribution < -0.4 is 0 Å². The van der Waals surface area contributed by atoms with Crippen LogP contribution in [0.3, 0.4) is 0 Å². The molecule has 3 aromatic rings. The highest BCUT2D eigenvalue weighted by atomic mass is 35.5. The van der Waals surface area contributed by atoms with E-state index in [-0.39, 0.29) is 0 Å². The van der Waals surface area contributed by atoms with E-state index in [2.05, 4.69) is 26.5 Å². The molecule has 0 spiro atoms. The van der Waals surface area contributed by atoms with Gasteiger partial charge in [0, 0.05) is 5.02 Å². The van der Waals surface area contributed by atoms with Crippen molar-refractivity contribution in [3.63, 3.8) is 0 Å². The normalized spacial score (nSPS) is 11.2. The van der Waals surface area contributed by atoms with Gasteiger partial charge in [-0.05, 0) is 36.2 Å². The van der Waals surface area contributed by atoms with Gasteiger partial charge in [-0.2, -0.15) is 0 Å². The number of nitrogens with one attached hydrogen (secondary N) is 1. The highest BCUT2D eigenvalue weighted by Crippen LogP contribution is 2.27. The summed E-state index contributed by atoms with van der Waals surface area (Å²) in [6.45, 7) is 2.13. The van der Waals surface area contributed by atoms with Gasteiger partial charge in [-0.15, -0.1) is 5.10 Å². The molecule has 1 aromatic carbocycles. The molecule has 0 atom stereocenters. The van der Waals surface area contributed by atoms with E-state index in [1.165, 1.54) is 11.5 Å². The second kappa shape index (κ2) is 4.66. The first kappa shape index (κ1) is 11.6. The zero-order valence-electron chi connectivity index (χ0n) is 9.77. The van der Waals surface area contributed by atoms with Crippen molar-refractivity contribution in [1.82, 2.24) is 19.6 Å². The largest absolute Gasteiger partial charge is 0.337 e. The van der Waals surface area contributed by atoms with Gasteiger partial charge in [-0.25, -0.2) is 4.98 Å². The quantitative estimate of drug-likeness (QED) is 0.795. The minimum absolute atomic E-state index is 0.703. The highest BCUT2D eigenvalue weighted by molar-refractivity contribution is 7.09. The summed E-state index contributed by atoms with van der Waals surface area (Å²) >= 11 is 7.34. The lowest BCUT2D eigenvalue weighted by Gasteiger charge is -1.94. The van der Waals surface area contributed by atoms with Gasteiger partial charge in [0.1, 0.15) is 4.88 Å². The van der Waals surface area contributed by atoms with E-state index in [4.69, 9.17) is 11.6 Å². The number of benzene rings is 1. The average molecular weight is 279 g/mol. The Balaban J connectivity index is 2.10. The summed E-state index contributed by atoms with van der Waals surface area (Å²) in [6.07, 6.45) is 1.97. The van der Waals surface area contributed by atoms with Crippen molar-refractivity contribution >= 4 is 34.2 Å². The smallest absolute Gasteiger partial charge is 0.152 e. The monoisotopic (exact) mass is 278 g/mol. The Labute approximate surface area is 113 Å². The number of halogens is 1. The fourth-order valence-electron chi connectivity index (χ4n) is 1.88. The molecule has 0 bridgehead atoms. The molecule has 0 aliphatic heterocycles. The first-order chi connectivity index (χ1) is 8.78. The van der Waals surface area contributed by atoms with Crippen LogP contribution >= 0.6 is 23.1 Å². The predicted octanol–water partition coefficient (Wildman–Crippen LogP) is 3.69. The second-order valence-electron chi connectivity index (χ2n) is 4.05. The second-order valence-corrected chi connectivity index (χ2v) is 5.24. The summed E-state index contributed by atoms with van der Waals surface area (Å²) in [6, 6.07) is 5.62. The van der Waals surface area contributed by atoms with Gasteiger partial charge in [0.25, 0.3) is 0 Å². The zero-order valence-corrected chi connectivity index (χ0v) is 11.3. The van der Waals surface area contributed by atoms with Crippen LogP contribution in [0.15, 0.2) is 18.2 Å². The van der Waals surface area contributed by atoms with Crippen molar-refractivity contribution < 1.29 is 0 Å². The molecular weight excluding hydrogens is 268 g/mol. The third-order valence-electron chi connectivity index (χ3n) is 2.70. The molecule has 92 valence electrons. The van der Waals surface area contributed by atoms with Gasteiger partial charge in [-0.3, -0.25) is 0 Å². The molecule has 0 saturated carbocycles. The summed E-state index contributed by atoms with van der Waals surface area (Å²) < 4.78 is 4.01. The Bertz CT molecular complexity index is 688. The van der Waals surface area contributed by atoms with Gasteiger partial charge < -0.3 is 4.98 Å². The maximum atomic E-state index is 5.96. The molecule has 2 aromatic heterocycles. The SMILES string of the molecule is CCCc1nnsc1-c1nc2ccc(Cl)cc2[nH]1. The van der Waals surface area contributed by atoms with Crippen LogP contribution in [0.1, 0.15) is 19.0 Å². The van der Waals surface area contributed by atoms with E-state index in [0.29, 0.717) is 5.02 Å². The van der Waals surface area contributed by atoms with E-state index >= 15 is 0 Å². The summed E-state index contributed by atoms with van der Waals surface area (Å²) in [5.74, 6) is 0.825. The van der Waals surface area contributed by atoms with E-state index < -0.39 is 0 Å². The van der Waals surface area contributed by atoms with Gasteiger partial charge in [0.05, 0.1) is 16.7 Å². The van der Waals surface area contributed by atoms with Crippen molar-refractivity contribution in [3.8, 4) is 10.7 Å². The number of aromatic nitrogens is 4. The maximum absolute atomic E-state index is 5.96. The Morgan fingerprint density at radius 3 is 3.11 bits per heavy atom. The molecule has 0 aliphatic carbocycles. The molecule has 3 rings (SSSR count). The van der Waals surface area contributed by atoms with Crippen molar-refractivity contribution in [2.24, 2.45) is 0 Å². The number of H-pyrrole nitrogens is 1. The minimum atomic E-state index is 0.703. The number of aromatic amines is 1. The minimum Gasteiger partial charge on any atom is -0.337 e. The zero-order chi connectivity index (χ0) is 12.5. The molecule has 0 saturated heterocycles. The molecule has 0 amide bonds. The van der Waals surface area contributed by atoms with E-state index in [9.17, 15) is 0 Å². The summed E-state index contributed by atoms with van der Waals surface area (Å²) in [7, 11) is 0. The Morgan fingerprint density at radius 1 is 1.39 bits per heavy atom. The van der Waals surface area contributed by atoms with Gasteiger partial charge in [-0.1, -0.05) is 29.4 Å². The van der Waals surface area contributed by atoms with E-state index in [1.54, 1.807) is 0 Å². The molecule has 4 nitrogen and oxygen atoms in total. The molecule has 0 fully saturated rings. The molecule has 18 heavy (non-hydrogen) atoms. The number of fused-ring (bicyclic) bond motifs is 1. The first-order valence-corrected chi connectivity index (χ1v) is 6.90. The molecule has 0 unspecified atom stereocenters. The van der Waals surface area contributed by atoms with Crippen LogP contribution in [0.5, 0.6) is 0 Å². The fraction of sp³-hybridized carbons (Fsp3) is 0.250. The standard InChI is InChI=1S/C12H11ClN4S/c1-2-3-9-11(18-17-16-9)12-14-8-5-4-7(13)6-10(8)15-12/h4-6H,2-3H2,1H3,(H,14,15). The van der Waals surface area contributed by atoms with Gasteiger partial charge in [0.15, 0.2) is 5.82 Å². The third-order valence-corrected chi connectivity index (χ3v) is 3.71. The van der Waals surface area contributed by atoms with Crippen LogP contribution in [-0.2, 0) is 6.42 Å². The van der Waals surface area contributed by atoms with E-state index in [1.807, 2.05) is 18.2 Å². The summed E-state index contributed by atoms with van der Waals surface area (Å²) in [5, 5.41) is 4.86. The van der Waals surface area contributed by atoms with Crippen molar-refractivity contribution in [3.05, 3.63) is 28.9 Å². The number of nitrogens with zero attached hydrogens (tertiary/aromatic N) is 3. The Kier molecular flexibility index (Phi) is 3.01. The van der Waals surface area contributed by atoms with Crippen LogP contribution in [0.2, 0.25) is 5.02 Å². The Hall–Kier alpha value is -1.46. The highest BCUT2D eigenvalue weighted by Gasteiger charge is 2.13. The van der Waals surface area contributed by atoms with Crippen molar-refractivity contribution in [2.45, 2.75) is 19.8 Å². The number of aryl methyl sites for hydroxylation is 1. The predicted molar refractivity (Wildman–Crippen MR) is 74.0 cm³/mol. The van der Waals surface area contributed by atoms with Crippen molar-refractivity contribution in [1.29, 1.82) is 0 Å². The lowest BCUT2D eigenvalue weighted by atomic mass is 10.2. The van der Waals surface area contributed by atoms with Crippen LogP contribution in [0, 0.1) is 0 Å².